The van der Waals surface area contributed by atoms with Gasteiger partial charge in [-0.2, -0.15) is 5.10 Å². The maximum atomic E-state index is 13.9. The molecule has 4 aromatic rings. The molecule has 158 valence electrons. The molecule has 0 radical (unpaired) electrons. The van der Waals surface area contributed by atoms with Crippen LogP contribution in [0.3, 0.4) is 0 Å². The highest BCUT2D eigenvalue weighted by Gasteiger charge is 2.19. The molecule has 1 aromatic carbocycles. The van der Waals surface area contributed by atoms with Crippen molar-refractivity contribution in [3.63, 3.8) is 0 Å². The zero-order valence-electron chi connectivity index (χ0n) is 17.1. The number of carbonyl (C=O) groups is 1. The minimum absolute atomic E-state index is 0.0124. The first-order valence-corrected chi connectivity index (χ1v) is 10.1. The predicted octanol–water partition coefficient (Wildman–Crippen LogP) is 5.09. The SMILES string of the molecule is Cc1cc(-c2nc3ccc(Cl)nn3c2-c2ccnc(NC(=O)NC(C)C)c2)ccc1F. The number of anilines is 1. The van der Waals surface area contributed by atoms with E-state index < -0.39 is 0 Å². The van der Waals surface area contributed by atoms with E-state index in [4.69, 9.17) is 16.6 Å². The molecule has 0 aliphatic heterocycles. The van der Waals surface area contributed by atoms with Crippen molar-refractivity contribution in [1.29, 1.82) is 0 Å². The quantitative estimate of drug-likeness (QED) is 0.465. The summed E-state index contributed by atoms with van der Waals surface area (Å²) in [5.74, 6) is 0.0793. The summed E-state index contributed by atoms with van der Waals surface area (Å²) in [5, 5.41) is 10.2. The second-order valence-electron chi connectivity index (χ2n) is 7.38. The molecular weight excluding hydrogens is 419 g/mol. The van der Waals surface area contributed by atoms with Crippen LogP contribution in [0.2, 0.25) is 5.15 Å². The number of rotatable bonds is 4. The summed E-state index contributed by atoms with van der Waals surface area (Å²) in [6, 6.07) is 11.4. The fourth-order valence-corrected chi connectivity index (χ4v) is 3.36. The number of imidazole rings is 1. The predicted molar refractivity (Wildman–Crippen MR) is 119 cm³/mol. The summed E-state index contributed by atoms with van der Waals surface area (Å²) in [6.07, 6.45) is 1.59. The first-order valence-electron chi connectivity index (χ1n) is 9.67. The Morgan fingerprint density at radius 2 is 1.94 bits per heavy atom. The van der Waals surface area contributed by atoms with Crippen LogP contribution >= 0.6 is 11.6 Å². The largest absolute Gasteiger partial charge is 0.336 e. The van der Waals surface area contributed by atoms with Gasteiger partial charge < -0.3 is 5.32 Å². The molecule has 0 spiro atoms. The molecule has 7 nitrogen and oxygen atoms in total. The minimum Gasteiger partial charge on any atom is -0.336 e. The summed E-state index contributed by atoms with van der Waals surface area (Å²) in [7, 11) is 0. The molecule has 0 aliphatic rings. The van der Waals surface area contributed by atoms with Crippen LogP contribution in [0.5, 0.6) is 0 Å². The molecule has 2 amide bonds. The maximum absolute atomic E-state index is 13.9. The number of hydrogen-bond donors (Lipinski definition) is 2. The Morgan fingerprint density at radius 1 is 1.13 bits per heavy atom. The van der Waals surface area contributed by atoms with Crippen molar-refractivity contribution in [2.24, 2.45) is 0 Å². The van der Waals surface area contributed by atoms with Crippen LogP contribution in [0.1, 0.15) is 19.4 Å². The molecule has 3 aromatic heterocycles. The Labute approximate surface area is 183 Å². The highest BCUT2D eigenvalue weighted by atomic mass is 35.5. The van der Waals surface area contributed by atoms with Crippen molar-refractivity contribution < 1.29 is 9.18 Å². The molecule has 0 fully saturated rings. The van der Waals surface area contributed by atoms with Gasteiger partial charge in [0.15, 0.2) is 5.65 Å². The first-order chi connectivity index (χ1) is 14.8. The summed E-state index contributed by atoms with van der Waals surface area (Å²) in [4.78, 5) is 21.0. The number of benzene rings is 1. The van der Waals surface area contributed by atoms with Crippen molar-refractivity contribution in [2.45, 2.75) is 26.8 Å². The molecule has 0 unspecified atom stereocenters. The lowest BCUT2D eigenvalue weighted by Gasteiger charge is -2.11. The summed E-state index contributed by atoms with van der Waals surface area (Å²) >= 11 is 6.14. The Morgan fingerprint density at radius 3 is 2.68 bits per heavy atom. The molecule has 0 saturated carbocycles. The molecule has 0 saturated heterocycles. The Bertz CT molecular complexity index is 1290. The molecule has 9 heteroatoms. The molecule has 0 atom stereocenters. The normalized spacial score (nSPS) is 11.2. The number of carbonyl (C=O) groups excluding carboxylic acids is 1. The highest BCUT2D eigenvalue weighted by Crippen LogP contribution is 2.34. The summed E-state index contributed by atoms with van der Waals surface area (Å²) in [6.45, 7) is 5.44. The third-order valence-corrected chi connectivity index (χ3v) is 4.77. The van der Waals surface area contributed by atoms with E-state index in [1.165, 1.54) is 6.07 Å². The van der Waals surface area contributed by atoms with Gasteiger partial charge in [-0.1, -0.05) is 11.6 Å². The number of pyridine rings is 1. The van der Waals surface area contributed by atoms with E-state index in [9.17, 15) is 9.18 Å². The van der Waals surface area contributed by atoms with Crippen molar-refractivity contribution in [1.82, 2.24) is 24.9 Å². The van der Waals surface area contributed by atoms with Crippen LogP contribution in [0, 0.1) is 12.7 Å². The number of hydrogen-bond acceptors (Lipinski definition) is 4. The van der Waals surface area contributed by atoms with Gasteiger partial charge in [-0.3, -0.25) is 5.32 Å². The molecule has 4 rings (SSSR count). The van der Waals surface area contributed by atoms with Crippen LogP contribution in [-0.2, 0) is 0 Å². The summed E-state index contributed by atoms with van der Waals surface area (Å²) in [5.41, 5.74) is 3.81. The number of fused-ring (bicyclic) bond motifs is 1. The average Bonchev–Trinajstić information content (AvgIpc) is 3.08. The van der Waals surface area contributed by atoms with E-state index in [1.54, 1.807) is 54.0 Å². The fourth-order valence-electron chi connectivity index (χ4n) is 3.22. The van der Waals surface area contributed by atoms with Gasteiger partial charge in [0.1, 0.15) is 22.5 Å². The maximum Gasteiger partial charge on any atom is 0.320 e. The first kappa shape index (κ1) is 20.7. The number of halogens is 2. The van der Waals surface area contributed by atoms with Gasteiger partial charge >= 0.3 is 6.03 Å². The van der Waals surface area contributed by atoms with E-state index in [1.807, 2.05) is 13.8 Å². The highest BCUT2D eigenvalue weighted by molar-refractivity contribution is 6.29. The van der Waals surface area contributed by atoms with E-state index >= 15 is 0 Å². The Hall–Kier alpha value is -3.52. The lowest BCUT2D eigenvalue weighted by atomic mass is 10.0. The van der Waals surface area contributed by atoms with E-state index in [0.717, 1.165) is 5.56 Å². The number of aromatic nitrogens is 4. The van der Waals surface area contributed by atoms with Gasteiger partial charge in [-0.05, 0) is 68.8 Å². The third-order valence-electron chi connectivity index (χ3n) is 4.57. The zero-order chi connectivity index (χ0) is 22.1. The van der Waals surface area contributed by atoms with Crippen molar-refractivity contribution in [2.75, 3.05) is 5.32 Å². The van der Waals surface area contributed by atoms with Crippen molar-refractivity contribution in [3.05, 3.63) is 65.2 Å². The molecular formula is C22H20ClFN6O. The minimum atomic E-state index is -0.353. The van der Waals surface area contributed by atoms with Crippen LogP contribution in [0.25, 0.3) is 28.2 Å². The molecule has 2 N–H and O–H groups in total. The standard InChI is InChI=1S/C22H20ClFN6O/c1-12(2)26-22(31)27-18-11-15(8-9-25-18)21-20(14-4-5-16(24)13(3)10-14)28-19-7-6-17(23)29-30(19)21/h4-12H,1-3H3,(H2,25,26,27,31). The van der Waals surface area contributed by atoms with Gasteiger partial charge in [0.05, 0.1) is 5.69 Å². The number of nitrogens with zero attached hydrogens (tertiary/aromatic N) is 4. The van der Waals surface area contributed by atoms with Crippen LogP contribution in [0.15, 0.2) is 48.7 Å². The average molecular weight is 439 g/mol. The van der Waals surface area contributed by atoms with Gasteiger partial charge in [-0.15, -0.1) is 0 Å². The van der Waals surface area contributed by atoms with E-state index in [2.05, 4.69) is 20.7 Å². The topological polar surface area (TPSA) is 84.2 Å². The van der Waals surface area contributed by atoms with Crippen LogP contribution in [0.4, 0.5) is 15.0 Å². The number of urea groups is 1. The fraction of sp³-hybridized carbons (Fsp3) is 0.182. The van der Waals surface area contributed by atoms with E-state index in [-0.39, 0.29) is 17.9 Å². The second kappa shape index (κ2) is 8.31. The van der Waals surface area contributed by atoms with Crippen molar-refractivity contribution >= 4 is 29.1 Å². The second-order valence-corrected chi connectivity index (χ2v) is 7.77. The Balaban J connectivity index is 1.86. The van der Waals surface area contributed by atoms with E-state index in [0.29, 0.717) is 39.1 Å². The molecule has 0 aliphatic carbocycles. The van der Waals surface area contributed by atoms with Gasteiger partial charge in [0, 0.05) is 23.4 Å². The van der Waals surface area contributed by atoms with Gasteiger partial charge in [0.25, 0.3) is 0 Å². The Kier molecular flexibility index (Phi) is 5.56. The zero-order valence-corrected chi connectivity index (χ0v) is 17.9. The monoisotopic (exact) mass is 438 g/mol. The van der Waals surface area contributed by atoms with Crippen molar-refractivity contribution in [3.8, 4) is 22.5 Å². The number of amides is 2. The lowest BCUT2D eigenvalue weighted by Crippen LogP contribution is -2.34. The van der Waals surface area contributed by atoms with Gasteiger partial charge in [0.2, 0.25) is 0 Å². The lowest BCUT2D eigenvalue weighted by molar-refractivity contribution is 0.250. The third kappa shape index (κ3) is 4.34. The molecule has 3 heterocycles. The van der Waals surface area contributed by atoms with Crippen LogP contribution in [-0.4, -0.2) is 31.7 Å². The smallest absolute Gasteiger partial charge is 0.320 e. The number of aryl methyl sites for hydroxylation is 1. The summed E-state index contributed by atoms with van der Waals surface area (Å²) < 4.78 is 15.5. The number of nitrogens with one attached hydrogen (secondary N) is 2. The molecule has 31 heavy (non-hydrogen) atoms. The van der Waals surface area contributed by atoms with Crippen LogP contribution < -0.4 is 10.6 Å². The molecule has 0 bridgehead atoms. The van der Waals surface area contributed by atoms with Gasteiger partial charge in [-0.25, -0.2) is 23.7 Å².